The molecule has 172 valence electrons. The van der Waals surface area contributed by atoms with Crippen LogP contribution in [0.5, 0.6) is 11.5 Å². The van der Waals surface area contributed by atoms with Gasteiger partial charge in [0.15, 0.2) is 16.7 Å². The number of thiazole rings is 1. The van der Waals surface area contributed by atoms with Gasteiger partial charge in [0.2, 0.25) is 5.78 Å². The molecule has 0 fully saturated rings. The van der Waals surface area contributed by atoms with Crippen molar-refractivity contribution in [3.8, 4) is 11.5 Å². The number of methoxy groups -OCH3 is 2. The molecule has 4 aromatic rings. The molecule has 0 unspecified atom stereocenters. The lowest BCUT2D eigenvalue weighted by atomic mass is 9.94. The molecule has 1 atom stereocenters. The maximum Gasteiger partial charge on any atom is 0.296 e. The van der Waals surface area contributed by atoms with E-state index in [1.54, 1.807) is 24.3 Å². The van der Waals surface area contributed by atoms with Gasteiger partial charge < -0.3 is 19.0 Å². The molecule has 0 bridgehead atoms. The highest BCUT2D eigenvalue weighted by atomic mass is 32.1. The maximum absolute atomic E-state index is 13.4. The summed E-state index contributed by atoms with van der Waals surface area (Å²) in [4.78, 5) is 32.8. The van der Waals surface area contributed by atoms with E-state index in [4.69, 9.17) is 13.9 Å². The van der Waals surface area contributed by atoms with Gasteiger partial charge in [-0.15, -0.1) is 0 Å². The van der Waals surface area contributed by atoms with E-state index in [9.17, 15) is 14.7 Å². The maximum atomic E-state index is 13.4. The van der Waals surface area contributed by atoms with Gasteiger partial charge in [0, 0.05) is 5.56 Å². The number of ketones is 1. The monoisotopic (exact) mass is 476 g/mol. The Morgan fingerprint density at radius 3 is 2.68 bits per heavy atom. The van der Waals surface area contributed by atoms with Crippen LogP contribution in [-0.2, 0) is 4.79 Å². The number of benzene rings is 2. The van der Waals surface area contributed by atoms with Crippen molar-refractivity contribution in [2.24, 2.45) is 0 Å². The van der Waals surface area contributed by atoms with E-state index in [-0.39, 0.29) is 11.3 Å². The first-order valence-electron chi connectivity index (χ1n) is 10.4. The summed E-state index contributed by atoms with van der Waals surface area (Å²) < 4.78 is 17.1. The second kappa shape index (κ2) is 8.35. The Balaban J connectivity index is 1.74. The number of aliphatic hydroxyl groups is 1. The summed E-state index contributed by atoms with van der Waals surface area (Å²) in [6.45, 7) is 1.97. The number of hydrogen-bond acceptors (Lipinski definition) is 8. The minimum Gasteiger partial charge on any atom is -0.503 e. The van der Waals surface area contributed by atoms with Crippen LogP contribution in [0.3, 0.4) is 0 Å². The number of anilines is 1. The van der Waals surface area contributed by atoms with Crippen molar-refractivity contribution in [2.45, 2.75) is 13.0 Å². The Labute approximate surface area is 198 Å². The van der Waals surface area contributed by atoms with Gasteiger partial charge in [-0.3, -0.25) is 14.5 Å². The summed E-state index contributed by atoms with van der Waals surface area (Å²) >= 11 is 1.30. The van der Waals surface area contributed by atoms with Gasteiger partial charge in [0.05, 0.1) is 36.3 Å². The molecule has 0 aliphatic carbocycles. The molecule has 5 rings (SSSR count). The summed E-state index contributed by atoms with van der Waals surface area (Å²) in [7, 11) is 3.01. The number of aromatic nitrogens is 1. The molecule has 2 aromatic heterocycles. The van der Waals surface area contributed by atoms with E-state index in [2.05, 4.69) is 4.98 Å². The number of carbonyl (C=O) groups is 2. The van der Waals surface area contributed by atoms with Crippen molar-refractivity contribution in [3.63, 3.8) is 0 Å². The zero-order chi connectivity index (χ0) is 24.0. The zero-order valence-corrected chi connectivity index (χ0v) is 19.4. The lowest BCUT2D eigenvalue weighted by Crippen LogP contribution is -2.31. The van der Waals surface area contributed by atoms with E-state index in [0.717, 1.165) is 10.3 Å². The van der Waals surface area contributed by atoms with E-state index in [1.165, 1.54) is 42.8 Å². The standard InChI is InChI=1S/C25H20N2O6S/c1-13-6-8-16-19(11-13)34-25(26-16)27-21(15-12-14(31-2)7-9-17(15)32-3)20(23(29)24(27)30)22(28)18-5-4-10-33-18/h4-12,21,29H,1-3H3/t21-/m1/s1. The molecule has 0 spiro atoms. The first-order chi connectivity index (χ1) is 16.4. The van der Waals surface area contributed by atoms with Crippen molar-refractivity contribution >= 4 is 38.4 Å². The van der Waals surface area contributed by atoms with Gasteiger partial charge in [-0.2, -0.15) is 0 Å². The number of nitrogens with zero attached hydrogens (tertiary/aromatic N) is 2. The molecule has 1 aliphatic heterocycles. The van der Waals surface area contributed by atoms with Crippen molar-refractivity contribution in [1.82, 2.24) is 4.98 Å². The normalized spacial score (nSPS) is 15.9. The Morgan fingerprint density at radius 1 is 1.15 bits per heavy atom. The molecular formula is C25H20N2O6S. The van der Waals surface area contributed by atoms with Gasteiger partial charge >= 0.3 is 0 Å². The number of furan rings is 1. The van der Waals surface area contributed by atoms with Crippen LogP contribution in [0.25, 0.3) is 10.2 Å². The number of hydrogen-bond donors (Lipinski definition) is 1. The molecule has 0 radical (unpaired) electrons. The van der Waals surface area contributed by atoms with Gasteiger partial charge in [-0.1, -0.05) is 17.4 Å². The second-order valence-electron chi connectivity index (χ2n) is 7.72. The van der Waals surface area contributed by atoms with Gasteiger partial charge in [-0.05, 0) is 55.0 Å². The molecule has 34 heavy (non-hydrogen) atoms. The molecule has 0 saturated carbocycles. The molecule has 1 N–H and O–H groups in total. The smallest absolute Gasteiger partial charge is 0.296 e. The summed E-state index contributed by atoms with van der Waals surface area (Å²) in [5.41, 5.74) is 2.10. The second-order valence-corrected chi connectivity index (χ2v) is 8.73. The third-order valence-electron chi connectivity index (χ3n) is 5.67. The van der Waals surface area contributed by atoms with Crippen molar-refractivity contribution in [1.29, 1.82) is 0 Å². The lowest BCUT2D eigenvalue weighted by molar-refractivity contribution is -0.117. The lowest BCUT2D eigenvalue weighted by Gasteiger charge is -2.26. The number of fused-ring (bicyclic) bond motifs is 1. The van der Waals surface area contributed by atoms with Crippen LogP contribution in [-0.4, -0.2) is 36.0 Å². The van der Waals surface area contributed by atoms with Gasteiger partial charge in [0.1, 0.15) is 17.5 Å². The average molecular weight is 477 g/mol. The number of aryl methyl sites for hydroxylation is 1. The molecule has 3 heterocycles. The van der Waals surface area contributed by atoms with Crippen LogP contribution < -0.4 is 14.4 Å². The molecular weight excluding hydrogens is 456 g/mol. The Morgan fingerprint density at radius 2 is 1.97 bits per heavy atom. The summed E-state index contributed by atoms with van der Waals surface area (Å²) in [5, 5.41) is 11.3. The topological polar surface area (TPSA) is 102 Å². The first kappa shape index (κ1) is 21.7. The summed E-state index contributed by atoms with van der Waals surface area (Å²) in [6.07, 6.45) is 1.36. The summed E-state index contributed by atoms with van der Waals surface area (Å²) in [5.74, 6) is -1.08. The number of ether oxygens (including phenoxy) is 2. The zero-order valence-electron chi connectivity index (χ0n) is 18.6. The first-order valence-corrected chi connectivity index (χ1v) is 11.2. The van der Waals surface area contributed by atoms with E-state index >= 15 is 0 Å². The van der Waals surface area contributed by atoms with E-state index < -0.39 is 23.5 Å². The molecule has 9 heteroatoms. The fraction of sp³-hybridized carbons (Fsp3) is 0.160. The van der Waals surface area contributed by atoms with Crippen LogP contribution in [0, 0.1) is 6.92 Å². The number of Topliss-reactive ketones (excluding diaryl/α,β-unsaturated/α-hetero) is 1. The van der Waals surface area contributed by atoms with Gasteiger partial charge in [0.25, 0.3) is 5.91 Å². The average Bonchev–Trinajstić information content (AvgIpc) is 3.57. The van der Waals surface area contributed by atoms with Crippen molar-refractivity contribution in [2.75, 3.05) is 19.1 Å². The van der Waals surface area contributed by atoms with Crippen LogP contribution in [0.1, 0.15) is 27.7 Å². The summed E-state index contributed by atoms with van der Waals surface area (Å²) in [6, 6.07) is 12.9. The van der Waals surface area contributed by atoms with Crippen LogP contribution >= 0.6 is 11.3 Å². The predicted molar refractivity (Wildman–Crippen MR) is 127 cm³/mol. The molecule has 2 aromatic carbocycles. The predicted octanol–water partition coefficient (Wildman–Crippen LogP) is 5.00. The number of aliphatic hydroxyl groups excluding tert-OH is 1. The Kier molecular flexibility index (Phi) is 5.33. The molecule has 1 aliphatic rings. The van der Waals surface area contributed by atoms with E-state index in [1.807, 2.05) is 25.1 Å². The number of rotatable bonds is 6. The third-order valence-corrected chi connectivity index (χ3v) is 6.69. The molecule has 1 amide bonds. The SMILES string of the molecule is COc1ccc(OC)c([C@@H]2C(C(=O)c3ccco3)=C(O)C(=O)N2c2nc3ccc(C)cc3s2)c1. The van der Waals surface area contributed by atoms with E-state index in [0.29, 0.717) is 27.7 Å². The largest absolute Gasteiger partial charge is 0.503 e. The minimum atomic E-state index is -1.02. The minimum absolute atomic E-state index is 0.00277. The highest BCUT2D eigenvalue weighted by molar-refractivity contribution is 7.22. The highest BCUT2D eigenvalue weighted by Gasteiger charge is 2.47. The Bertz CT molecular complexity index is 1450. The van der Waals surface area contributed by atoms with Crippen LogP contribution in [0.2, 0.25) is 0 Å². The molecule has 0 saturated heterocycles. The third kappa shape index (κ3) is 3.41. The fourth-order valence-corrected chi connectivity index (χ4v) is 5.14. The Hall–Kier alpha value is -4.11. The van der Waals surface area contributed by atoms with Crippen molar-refractivity contribution in [3.05, 3.63) is 83.0 Å². The highest BCUT2D eigenvalue weighted by Crippen LogP contribution is 2.47. The van der Waals surface area contributed by atoms with Crippen LogP contribution in [0.15, 0.2) is 70.5 Å². The van der Waals surface area contributed by atoms with Gasteiger partial charge in [-0.25, -0.2) is 4.98 Å². The number of carbonyl (C=O) groups excluding carboxylic acids is 2. The quantitative estimate of drug-likeness (QED) is 0.391. The number of amides is 1. The molecule has 8 nitrogen and oxygen atoms in total. The fourth-order valence-electron chi connectivity index (χ4n) is 4.05. The van der Waals surface area contributed by atoms with Crippen LogP contribution in [0.4, 0.5) is 5.13 Å². The van der Waals surface area contributed by atoms with Crippen molar-refractivity contribution < 1.29 is 28.6 Å².